The molecule has 0 aliphatic rings. The fourth-order valence-electron chi connectivity index (χ4n) is 1.54. The lowest BCUT2D eigenvalue weighted by Crippen LogP contribution is -2.17. The van der Waals surface area contributed by atoms with Crippen LogP contribution in [0.15, 0.2) is 34.9 Å². The summed E-state index contributed by atoms with van der Waals surface area (Å²) in [4.78, 5) is 11.7. The minimum atomic E-state index is -0.587. The Morgan fingerprint density at radius 2 is 2.05 bits per heavy atom. The second-order valence-corrected chi connectivity index (χ2v) is 4.90. The molecule has 0 aromatic heterocycles. The van der Waals surface area contributed by atoms with Crippen LogP contribution in [0, 0.1) is 18.3 Å². The molecule has 0 spiro atoms. The highest BCUT2D eigenvalue weighted by molar-refractivity contribution is 8.02. The molecule has 0 saturated heterocycles. The summed E-state index contributed by atoms with van der Waals surface area (Å²) in [6.45, 7) is 4.55. The smallest absolute Gasteiger partial charge is 0.351 e. The van der Waals surface area contributed by atoms with Gasteiger partial charge in [-0.2, -0.15) is 5.26 Å². The number of nitrogens with one attached hydrogen (secondary N) is 1. The molecule has 0 radical (unpaired) electrons. The molecule has 0 bridgehead atoms. The number of aryl methyl sites for hydroxylation is 1. The van der Waals surface area contributed by atoms with Crippen molar-refractivity contribution in [3.05, 3.63) is 46.0 Å². The van der Waals surface area contributed by atoms with Crippen molar-refractivity contribution in [2.45, 2.75) is 20.4 Å². The molecule has 1 aromatic carbocycles. The quantitative estimate of drug-likeness (QED) is 0.496. The first-order chi connectivity index (χ1) is 9.62. The summed E-state index contributed by atoms with van der Waals surface area (Å²) < 4.78 is 4.87. The Labute approximate surface area is 123 Å². The maximum Gasteiger partial charge on any atom is 0.351 e. The number of nitriles is 1. The van der Waals surface area contributed by atoms with Gasteiger partial charge in [0.1, 0.15) is 6.07 Å². The molecule has 20 heavy (non-hydrogen) atoms. The summed E-state index contributed by atoms with van der Waals surface area (Å²) >= 11 is 1.32. The fourth-order valence-corrected chi connectivity index (χ4v) is 2.09. The van der Waals surface area contributed by atoms with E-state index in [9.17, 15) is 4.79 Å². The summed E-state index contributed by atoms with van der Waals surface area (Å²) in [5.74, 6) is -0.587. The molecule has 0 heterocycles. The summed E-state index contributed by atoms with van der Waals surface area (Å²) in [5.41, 5.74) is 2.30. The lowest BCUT2D eigenvalue weighted by molar-refractivity contribution is -0.138. The molecule has 1 rings (SSSR count). The molecule has 4 nitrogen and oxygen atoms in total. The van der Waals surface area contributed by atoms with Crippen LogP contribution in [0.2, 0.25) is 0 Å². The van der Waals surface area contributed by atoms with Gasteiger partial charge in [0.25, 0.3) is 0 Å². The Morgan fingerprint density at radius 1 is 1.40 bits per heavy atom. The second kappa shape index (κ2) is 8.28. The number of carbonyl (C=O) groups excluding carboxylic acids is 1. The monoisotopic (exact) mass is 290 g/mol. The summed E-state index contributed by atoms with van der Waals surface area (Å²) in [7, 11) is 0. The number of benzene rings is 1. The standard InChI is InChI=1S/C15H18N2O2S/c1-4-19-15(18)13(9-16)14(20-3)17-10-12-7-5-11(2)6-8-12/h5-8,17H,4,10H2,1-3H3/b14-13-. The summed E-state index contributed by atoms with van der Waals surface area (Å²) in [6, 6.07) is 9.97. The third-order valence-electron chi connectivity index (χ3n) is 2.60. The van der Waals surface area contributed by atoms with Gasteiger partial charge in [-0.1, -0.05) is 29.8 Å². The van der Waals surface area contributed by atoms with E-state index in [1.165, 1.54) is 17.3 Å². The van der Waals surface area contributed by atoms with E-state index in [4.69, 9.17) is 10.00 Å². The van der Waals surface area contributed by atoms with Gasteiger partial charge in [0, 0.05) is 6.54 Å². The van der Waals surface area contributed by atoms with E-state index in [-0.39, 0.29) is 12.2 Å². The van der Waals surface area contributed by atoms with Crippen LogP contribution in [0.4, 0.5) is 0 Å². The number of thioether (sulfide) groups is 1. The van der Waals surface area contributed by atoms with Crippen molar-refractivity contribution in [1.29, 1.82) is 5.26 Å². The van der Waals surface area contributed by atoms with Gasteiger partial charge in [0.15, 0.2) is 5.57 Å². The predicted octanol–water partition coefficient (Wildman–Crippen LogP) is 2.75. The third kappa shape index (κ3) is 4.63. The van der Waals surface area contributed by atoms with Crippen LogP contribution >= 0.6 is 11.8 Å². The van der Waals surface area contributed by atoms with Gasteiger partial charge in [-0.3, -0.25) is 0 Å². The molecule has 1 aromatic rings. The van der Waals surface area contributed by atoms with E-state index >= 15 is 0 Å². The van der Waals surface area contributed by atoms with Crippen LogP contribution in [0.1, 0.15) is 18.1 Å². The Hall–Kier alpha value is -1.93. The topological polar surface area (TPSA) is 62.1 Å². The maximum atomic E-state index is 11.7. The lowest BCUT2D eigenvalue weighted by atomic mass is 10.1. The van der Waals surface area contributed by atoms with Gasteiger partial charge in [-0.25, -0.2) is 4.79 Å². The Kier molecular flexibility index (Phi) is 6.68. The molecule has 0 aliphatic heterocycles. The van der Waals surface area contributed by atoms with Crippen molar-refractivity contribution < 1.29 is 9.53 Å². The Morgan fingerprint density at radius 3 is 2.55 bits per heavy atom. The number of nitrogens with zero attached hydrogens (tertiary/aromatic N) is 1. The Balaban J connectivity index is 2.81. The number of hydrogen-bond donors (Lipinski definition) is 1. The van der Waals surface area contributed by atoms with E-state index in [1.54, 1.807) is 6.92 Å². The van der Waals surface area contributed by atoms with E-state index in [0.29, 0.717) is 11.6 Å². The Bertz CT molecular complexity index is 530. The molecule has 5 heteroatoms. The number of esters is 1. The molecule has 0 unspecified atom stereocenters. The summed E-state index contributed by atoms with van der Waals surface area (Å²) in [5, 5.41) is 12.7. The highest BCUT2D eigenvalue weighted by atomic mass is 32.2. The molecule has 106 valence electrons. The number of ether oxygens (including phenoxy) is 1. The highest BCUT2D eigenvalue weighted by Crippen LogP contribution is 2.16. The minimum absolute atomic E-state index is 0.0199. The van der Waals surface area contributed by atoms with Crippen molar-refractivity contribution >= 4 is 17.7 Å². The van der Waals surface area contributed by atoms with Gasteiger partial charge >= 0.3 is 5.97 Å². The number of hydrogen-bond acceptors (Lipinski definition) is 5. The zero-order valence-electron chi connectivity index (χ0n) is 11.9. The average Bonchev–Trinajstić information content (AvgIpc) is 2.45. The van der Waals surface area contributed by atoms with Crippen LogP contribution in [0.5, 0.6) is 0 Å². The zero-order chi connectivity index (χ0) is 15.0. The van der Waals surface area contributed by atoms with Gasteiger partial charge in [0.05, 0.1) is 11.6 Å². The van der Waals surface area contributed by atoms with E-state index in [1.807, 2.05) is 43.5 Å². The minimum Gasteiger partial charge on any atom is -0.462 e. The first-order valence-electron chi connectivity index (χ1n) is 6.27. The van der Waals surface area contributed by atoms with Crippen molar-refractivity contribution in [3.63, 3.8) is 0 Å². The van der Waals surface area contributed by atoms with Crippen molar-refractivity contribution in [3.8, 4) is 6.07 Å². The third-order valence-corrected chi connectivity index (χ3v) is 3.35. The normalized spacial score (nSPS) is 11.3. The highest BCUT2D eigenvalue weighted by Gasteiger charge is 2.16. The van der Waals surface area contributed by atoms with Gasteiger partial charge < -0.3 is 10.1 Å². The van der Waals surface area contributed by atoms with Crippen LogP contribution < -0.4 is 5.32 Å². The van der Waals surface area contributed by atoms with Crippen molar-refractivity contribution in [2.24, 2.45) is 0 Å². The van der Waals surface area contributed by atoms with Crippen molar-refractivity contribution in [2.75, 3.05) is 12.9 Å². The van der Waals surface area contributed by atoms with Crippen molar-refractivity contribution in [1.82, 2.24) is 5.32 Å². The molecule has 0 atom stereocenters. The molecule has 0 fully saturated rings. The number of carbonyl (C=O) groups is 1. The maximum absolute atomic E-state index is 11.7. The van der Waals surface area contributed by atoms with E-state index in [2.05, 4.69) is 5.32 Å². The SMILES string of the molecule is CCOC(=O)/C(C#N)=C(/NCc1ccc(C)cc1)SC. The molecule has 0 amide bonds. The number of rotatable bonds is 6. The van der Waals surface area contributed by atoms with Gasteiger partial charge in [-0.15, -0.1) is 11.8 Å². The largest absolute Gasteiger partial charge is 0.462 e. The molecular formula is C15H18N2O2S. The second-order valence-electron chi connectivity index (χ2n) is 4.08. The molecule has 0 aliphatic carbocycles. The fraction of sp³-hybridized carbons (Fsp3) is 0.333. The van der Waals surface area contributed by atoms with E-state index < -0.39 is 5.97 Å². The van der Waals surface area contributed by atoms with Crippen LogP contribution in [0.25, 0.3) is 0 Å². The molecule has 1 N–H and O–H groups in total. The first-order valence-corrected chi connectivity index (χ1v) is 7.49. The molecular weight excluding hydrogens is 272 g/mol. The zero-order valence-corrected chi connectivity index (χ0v) is 12.7. The van der Waals surface area contributed by atoms with Crippen LogP contribution in [-0.4, -0.2) is 18.8 Å². The predicted molar refractivity (Wildman–Crippen MR) is 80.8 cm³/mol. The first kappa shape index (κ1) is 16.1. The van der Waals surface area contributed by atoms with Gasteiger partial charge in [0.2, 0.25) is 0 Å². The lowest BCUT2D eigenvalue weighted by Gasteiger charge is -2.11. The summed E-state index contributed by atoms with van der Waals surface area (Å²) in [6.07, 6.45) is 1.81. The van der Waals surface area contributed by atoms with E-state index in [0.717, 1.165) is 5.56 Å². The van der Waals surface area contributed by atoms with Gasteiger partial charge in [-0.05, 0) is 25.7 Å². The van der Waals surface area contributed by atoms with Crippen LogP contribution in [-0.2, 0) is 16.1 Å². The molecule has 0 saturated carbocycles. The average molecular weight is 290 g/mol. The van der Waals surface area contributed by atoms with Crippen LogP contribution in [0.3, 0.4) is 0 Å².